The number of halogens is 2. The second kappa shape index (κ2) is 5.88. The van der Waals surface area contributed by atoms with Crippen LogP contribution in [0.1, 0.15) is 16.3 Å². The highest BCUT2D eigenvalue weighted by Gasteiger charge is 2.10. The van der Waals surface area contributed by atoms with Gasteiger partial charge in [0.2, 0.25) is 0 Å². The van der Waals surface area contributed by atoms with E-state index in [0.717, 1.165) is 24.3 Å². The molecule has 0 unspecified atom stereocenters. The minimum absolute atomic E-state index is 0.446. The SMILES string of the molecule is Cc1ccc2nc(CCl)n(CCc3ccc(Br)s3)c2c1. The van der Waals surface area contributed by atoms with E-state index >= 15 is 0 Å². The molecule has 0 fully saturated rings. The number of hydrogen-bond acceptors (Lipinski definition) is 2. The molecule has 0 spiro atoms. The summed E-state index contributed by atoms with van der Waals surface area (Å²) in [7, 11) is 0. The highest BCUT2D eigenvalue weighted by atomic mass is 79.9. The summed E-state index contributed by atoms with van der Waals surface area (Å²) in [6.07, 6.45) is 1.000. The van der Waals surface area contributed by atoms with Crippen LogP contribution in [0.2, 0.25) is 0 Å². The van der Waals surface area contributed by atoms with Crippen molar-refractivity contribution in [3.05, 3.63) is 50.4 Å². The van der Waals surface area contributed by atoms with Crippen LogP contribution in [0.3, 0.4) is 0 Å². The van der Waals surface area contributed by atoms with Gasteiger partial charge in [0.05, 0.1) is 20.7 Å². The van der Waals surface area contributed by atoms with Crippen LogP contribution in [0, 0.1) is 6.92 Å². The van der Waals surface area contributed by atoms with E-state index in [0.29, 0.717) is 5.88 Å². The largest absolute Gasteiger partial charge is 0.327 e. The number of benzene rings is 1. The maximum absolute atomic E-state index is 6.04. The number of alkyl halides is 1. The Morgan fingerprint density at radius 1 is 1.30 bits per heavy atom. The zero-order valence-electron chi connectivity index (χ0n) is 11.1. The molecule has 0 amide bonds. The fraction of sp³-hybridized carbons (Fsp3) is 0.267. The quantitative estimate of drug-likeness (QED) is 0.581. The molecular weight excluding hydrogens is 356 g/mol. The van der Waals surface area contributed by atoms with E-state index in [1.807, 2.05) is 0 Å². The number of hydrogen-bond donors (Lipinski definition) is 0. The molecule has 5 heteroatoms. The number of thiophene rings is 1. The summed E-state index contributed by atoms with van der Waals surface area (Å²) in [5, 5.41) is 0. The Morgan fingerprint density at radius 2 is 2.15 bits per heavy atom. The van der Waals surface area contributed by atoms with Crippen LogP contribution in [0.4, 0.5) is 0 Å². The van der Waals surface area contributed by atoms with E-state index in [4.69, 9.17) is 11.6 Å². The van der Waals surface area contributed by atoms with Gasteiger partial charge in [-0.1, -0.05) is 6.07 Å². The molecule has 0 aliphatic heterocycles. The number of aromatic nitrogens is 2. The van der Waals surface area contributed by atoms with Gasteiger partial charge in [0, 0.05) is 11.4 Å². The van der Waals surface area contributed by atoms with Crippen LogP contribution in [0.5, 0.6) is 0 Å². The van der Waals surface area contributed by atoms with Crippen LogP contribution in [-0.4, -0.2) is 9.55 Å². The maximum Gasteiger partial charge on any atom is 0.124 e. The summed E-state index contributed by atoms with van der Waals surface area (Å²) in [5.74, 6) is 1.39. The molecule has 2 heterocycles. The van der Waals surface area contributed by atoms with Crippen LogP contribution in [0.15, 0.2) is 34.1 Å². The molecule has 2 aromatic heterocycles. The van der Waals surface area contributed by atoms with Gasteiger partial charge in [-0.3, -0.25) is 0 Å². The van der Waals surface area contributed by atoms with Gasteiger partial charge in [0.15, 0.2) is 0 Å². The smallest absolute Gasteiger partial charge is 0.124 e. The summed E-state index contributed by atoms with van der Waals surface area (Å²) >= 11 is 11.3. The monoisotopic (exact) mass is 368 g/mol. The molecule has 0 aliphatic carbocycles. The zero-order valence-corrected chi connectivity index (χ0v) is 14.2. The molecule has 1 aromatic carbocycles. The zero-order chi connectivity index (χ0) is 14.1. The van der Waals surface area contributed by atoms with Crippen molar-refractivity contribution in [3.63, 3.8) is 0 Å². The molecule has 3 rings (SSSR count). The van der Waals surface area contributed by atoms with E-state index < -0.39 is 0 Å². The summed E-state index contributed by atoms with van der Waals surface area (Å²) in [6.45, 7) is 3.02. The number of aryl methyl sites for hydroxylation is 3. The molecule has 0 atom stereocenters. The number of imidazole rings is 1. The summed E-state index contributed by atoms with van der Waals surface area (Å²) in [5.41, 5.74) is 3.45. The van der Waals surface area contributed by atoms with Gasteiger partial charge < -0.3 is 4.57 Å². The van der Waals surface area contributed by atoms with Gasteiger partial charge in [-0.25, -0.2) is 4.98 Å². The molecule has 0 aliphatic rings. The van der Waals surface area contributed by atoms with Crippen molar-refractivity contribution in [2.45, 2.75) is 25.8 Å². The Labute approximate surface area is 135 Å². The van der Waals surface area contributed by atoms with Gasteiger partial charge in [0.25, 0.3) is 0 Å². The average molecular weight is 370 g/mol. The molecule has 0 saturated heterocycles. The molecule has 3 aromatic rings. The van der Waals surface area contributed by atoms with Crippen LogP contribution >= 0.6 is 38.9 Å². The van der Waals surface area contributed by atoms with Crippen molar-refractivity contribution in [2.75, 3.05) is 0 Å². The van der Waals surface area contributed by atoms with Crippen molar-refractivity contribution in [2.24, 2.45) is 0 Å². The molecule has 2 nitrogen and oxygen atoms in total. The van der Waals surface area contributed by atoms with Crippen molar-refractivity contribution in [3.8, 4) is 0 Å². The van der Waals surface area contributed by atoms with Gasteiger partial charge >= 0.3 is 0 Å². The van der Waals surface area contributed by atoms with Crippen LogP contribution < -0.4 is 0 Å². The first-order valence-electron chi connectivity index (χ1n) is 6.43. The third kappa shape index (κ3) is 2.78. The second-order valence-corrected chi connectivity index (χ2v) is 7.58. The Balaban J connectivity index is 1.94. The maximum atomic E-state index is 6.04. The van der Waals surface area contributed by atoms with Crippen molar-refractivity contribution < 1.29 is 0 Å². The minimum atomic E-state index is 0.446. The van der Waals surface area contributed by atoms with Gasteiger partial charge in [-0.05, 0) is 59.1 Å². The van der Waals surface area contributed by atoms with E-state index in [1.54, 1.807) is 11.3 Å². The number of nitrogens with zero attached hydrogens (tertiary/aromatic N) is 2. The second-order valence-electron chi connectivity index (χ2n) is 4.76. The van der Waals surface area contributed by atoms with Crippen molar-refractivity contribution in [1.82, 2.24) is 9.55 Å². The highest BCUT2D eigenvalue weighted by Crippen LogP contribution is 2.24. The normalized spacial score (nSPS) is 11.3. The molecule has 104 valence electrons. The lowest BCUT2D eigenvalue weighted by molar-refractivity contribution is 0.693. The third-order valence-electron chi connectivity index (χ3n) is 3.31. The highest BCUT2D eigenvalue weighted by molar-refractivity contribution is 9.11. The van der Waals surface area contributed by atoms with E-state index in [-0.39, 0.29) is 0 Å². The first-order chi connectivity index (χ1) is 9.67. The summed E-state index contributed by atoms with van der Waals surface area (Å²) < 4.78 is 3.42. The Kier molecular flexibility index (Phi) is 4.15. The first-order valence-corrected chi connectivity index (χ1v) is 8.57. The van der Waals surface area contributed by atoms with Crippen molar-refractivity contribution in [1.29, 1.82) is 0 Å². The standard InChI is InChI=1S/C15H14BrClN2S/c1-10-2-4-12-13(8-10)19(15(9-17)18-12)7-6-11-3-5-14(16)20-11/h2-5,8H,6-7,9H2,1H3. The third-order valence-corrected chi connectivity index (χ3v) is 5.24. The Hall–Kier alpha value is -0.840. The predicted octanol–water partition coefficient (Wildman–Crippen LogP) is 5.15. The molecular formula is C15H14BrClN2S. The lowest BCUT2D eigenvalue weighted by Crippen LogP contribution is -2.04. The molecule has 0 saturated carbocycles. The fourth-order valence-corrected chi connectivity index (χ4v) is 4.02. The molecule has 0 radical (unpaired) electrons. The van der Waals surface area contributed by atoms with Gasteiger partial charge in [-0.15, -0.1) is 22.9 Å². The number of fused-ring (bicyclic) bond motifs is 1. The fourth-order valence-electron chi connectivity index (χ4n) is 2.34. The molecule has 0 bridgehead atoms. The first kappa shape index (κ1) is 14.1. The summed E-state index contributed by atoms with van der Waals surface area (Å²) in [4.78, 5) is 5.98. The van der Waals surface area contributed by atoms with Gasteiger partial charge in [-0.2, -0.15) is 0 Å². The average Bonchev–Trinajstić information content (AvgIpc) is 2.99. The van der Waals surface area contributed by atoms with E-state index in [9.17, 15) is 0 Å². The van der Waals surface area contributed by atoms with Crippen LogP contribution in [-0.2, 0) is 18.8 Å². The minimum Gasteiger partial charge on any atom is -0.327 e. The summed E-state index contributed by atoms with van der Waals surface area (Å²) in [6, 6.07) is 10.6. The lowest BCUT2D eigenvalue weighted by atomic mass is 10.2. The Morgan fingerprint density at radius 3 is 2.85 bits per heavy atom. The predicted molar refractivity (Wildman–Crippen MR) is 89.8 cm³/mol. The Bertz CT molecular complexity index is 747. The topological polar surface area (TPSA) is 17.8 Å². The van der Waals surface area contributed by atoms with Gasteiger partial charge in [0.1, 0.15) is 5.82 Å². The molecule has 20 heavy (non-hydrogen) atoms. The lowest BCUT2D eigenvalue weighted by Gasteiger charge is -2.07. The van der Waals surface area contributed by atoms with E-state index in [2.05, 4.69) is 62.7 Å². The van der Waals surface area contributed by atoms with Crippen molar-refractivity contribution >= 4 is 49.9 Å². The van der Waals surface area contributed by atoms with E-state index in [1.165, 1.54) is 19.7 Å². The van der Waals surface area contributed by atoms with Crippen LogP contribution in [0.25, 0.3) is 11.0 Å². The molecule has 0 N–H and O–H groups in total. The number of rotatable bonds is 4.